The van der Waals surface area contributed by atoms with Gasteiger partial charge in [-0.2, -0.15) is 0 Å². The highest BCUT2D eigenvalue weighted by Gasteiger charge is 2.03. The molecule has 0 fully saturated rings. The predicted octanol–water partition coefficient (Wildman–Crippen LogP) is 4.82. The average molecular weight is 316 g/mol. The zero-order chi connectivity index (χ0) is 12.3. The molecule has 0 unspecified atom stereocenters. The van der Waals surface area contributed by atoms with Gasteiger partial charge in [0, 0.05) is 5.02 Å². The van der Waals surface area contributed by atoms with Crippen LogP contribution in [0.15, 0.2) is 46.9 Å². The van der Waals surface area contributed by atoms with Crippen LogP contribution in [-0.4, -0.2) is 0 Å². The molecule has 0 bridgehead atoms. The zero-order valence-corrected chi connectivity index (χ0v) is 11.1. The molecule has 0 radical (unpaired) electrons. The Morgan fingerprint density at radius 1 is 1.18 bits per heavy atom. The first-order chi connectivity index (χ1) is 8.15. The van der Waals surface area contributed by atoms with Crippen molar-refractivity contribution in [3.8, 4) is 5.75 Å². The van der Waals surface area contributed by atoms with Gasteiger partial charge in [-0.1, -0.05) is 23.7 Å². The molecule has 0 aliphatic heterocycles. The maximum Gasteiger partial charge on any atom is 0.134 e. The fourth-order valence-electron chi connectivity index (χ4n) is 1.38. The second kappa shape index (κ2) is 5.52. The largest absolute Gasteiger partial charge is 0.488 e. The van der Waals surface area contributed by atoms with E-state index in [1.165, 1.54) is 12.1 Å². The van der Waals surface area contributed by atoms with Crippen molar-refractivity contribution in [1.82, 2.24) is 0 Å². The van der Waals surface area contributed by atoms with E-state index in [4.69, 9.17) is 16.3 Å². The highest BCUT2D eigenvalue weighted by atomic mass is 79.9. The Bertz CT molecular complexity index is 531. The summed E-state index contributed by atoms with van der Waals surface area (Å²) in [4.78, 5) is 0. The van der Waals surface area contributed by atoms with E-state index in [0.717, 1.165) is 5.56 Å². The summed E-state index contributed by atoms with van der Waals surface area (Å²) in [5, 5.41) is 0.671. The van der Waals surface area contributed by atoms with Gasteiger partial charge in [0.1, 0.15) is 18.2 Å². The highest BCUT2D eigenvalue weighted by molar-refractivity contribution is 9.10. The van der Waals surface area contributed by atoms with Crippen LogP contribution >= 0.6 is 27.5 Å². The van der Waals surface area contributed by atoms with E-state index in [1.54, 1.807) is 12.1 Å². The molecular formula is C13H9BrClFO. The Morgan fingerprint density at radius 2 is 2.00 bits per heavy atom. The predicted molar refractivity (Wildman–Crippen MR) is 69.9 cm³/mol. The standard InChI is InChI=1S/C13H9BrClFO/c14-12-7-11(16)4-5-13(12)17-8-9-2-1-3-10(15)6-9/h1-7H,8H2. The molecule has 0 aliphatic carbocycles. The molecule has 88 valence electrons. The van der Waals surface area contributed by atoms with Crippen molar-refractivity contribution in [3.05, 3.63) is 63.3 Å². The van der Waals surface area contributed by atoms with E-state index >= 15 is 0 Å². The second-order valence-corrected chi connectivity index (χ2v) is 4.78. The molecule has 0 amide bonds. The van der Waals surface area contributed by atoms with Crippen LogP contribution in [0.4, 0.5) is 4.39 Å². The molecule has 1 nitrogen and oxygen atoms in total. The van der Waals surface area contributed by atoms with Crippen molar-refractivity contribution in [2.24, 2.45) is 0 Å². The van der Waals surface area contributed by atoms with Gasteiger partial charge in [-0.3, -0.25) is 0 Å². The summed E-state index contributed by atoms with van der Waals surface area (Å²) in [6.07, 6.45) is 0. The van der Waals surface area contributed by atoms with E-state index in [1.807, 2.05) is 18.2 Å². The molecule has 0 atom stereocenters. The van der Waals surface area contributed by atoms with Gasteiger partial charge in [0.2, 0.25) is 0 Å². The molecule has 0 spiro atoms. The first kappa shape index (κ1) is 12.4. The van der Waals surface area contributed by atoms with Gasteiger partial charge >= 0.3 is 0 Å². The summed E-state index contributed by atoms with van der Waals surface area (Å²) in [7, 11) is 0. The number of hydrogen-bond donors (Lipinski definition) is 0. The summed E-state index contributed by atoms with van der Waals surface area (Å²) in [6, 6.07) is 11.7. The van der Waals surface area contributed by atoms with E-state index in [9.17, 15) is 4.39 Å². The number of benzene rings is 2. The van der Waals surface area contributed by atoms with Crippen LogP contribution in [0.3, 0.4) is 0 Å². The SMILES string of the molecule is Fc1ccc(OCc2cccc(Cl)c2)c(Br)c1. The molecule has 2 aromatic carbocycles. The summed E-state index contributed by atoms with van der Waals surface area (Å²) >= 11 is 9.11. The van der Waals surface area contributed by atoms with Crippen molar-refractivity contribution >= 4 is 27.5 Å². The number of halogens is 3. The Balaban J connectivity index is 2.07. The van der Waals surface area contributed by atoms with Crippen molar-refractivity contribution in [2.45, 2.75) is 6.61 Å². The number of rotatable bonds is 3. The van der Waals surface area contributed by atoms with Crippen LogP contribution in [-0.2, 0) is 6.61 Å². The molecule has 0 saturated heterocycles. The minimum absolute atomic E-state index is 0.299. The Hall–Kier alpha value is -1.06. The van der Waals surface area contributed by atoms with Crippen molar-refractivity contribution in [1.29, 1.82) is 0 Å². The number of hydrogen-bond acceptors (Lipinski definition) is 1. The lowest BCUT2D eigenvalue weighted by Crippen LogP contribution is -1.96. The van der Waals surface area contributed by atoms with E-state index < -0.39 is 0 Å². The lowest BCUT2D eigenvalue weighted by atomic mass is 10.2. The van der Waals surface area contributed by atoms with Gasteiger partial charge in [-0.25, -0.2) is 4.39 Å². The van der Waals surface area contributed by atoms with Crippen molar-refractivity contribution in [2.75, 3.05) is 0 Å². The molecule has 4 heteroatoms. The van der Waals surface area contributed by atoms with Gasteiger partial charge in [-0.15, -0.1) is 0 Å². The second-order valence-electron chi connectivity index (χ2n) is 3.49. The maximum atomic E-state index is 12.9. The van der Waals surface area contributed by atoms with Crippen LogP contribution in [0.2, 0.25) is 5.02 Å². The van der Waals surface area contributed by atoms with Gasteiger partial charge in [0.15, 0.2) is 0 Å². The normalized spacial score (nSPS) is 10.3. The van der Waals surface area contributed by atoms with E-state index in [0.29, 0.717) is 21.9 Å². The molecule has 0 heterocycles. The third kappa shape index (κ3) is 3.45. The summed E-state index contributed by atoms with van der Waals surface area (Å²) in [5.74, 6) is 0.304. The molecule has 0 aliphatic rings. The summed E-state index contributed by atoms with van der Waals surface area (Å²) < 4.78 is 19.0. The van der Waals surface area contributed by atoms with Crippen LogP contribution in [0, 0.1) is 5.82 Å². The van der Waals surface area contributed by atoms with Gasteiger partial charge < -0.3 is 4.74 Å². The maximum absolute atomic E-state index is 12.9. The summed E-state index contributed by atoms with van der Waals surface area (Å²) in [5.41, 5.74) is 0.966. The molecule has 17 heavy (non-hydrogen) atoms. The minimum atomic E-state index is -0.299. The molecule has 2 rings (SSSR count). The third-order valence-corrected chi connectivity index (χ3v) is 3.03. The van der Waals surface area contributed by atoms with E-state index in [-0.39, 0.29) is 5.82 Å². The molecular weight excluding hydrogens is 306 g/mol. The van der Waals surface area contributed by atoms with Gasteiger partial charge in [0.25, 0.3) is 0 Å². The minimum Gasteiger partial charge on any atom is -0.488 e. The average Bonchev–Trinajstić information content (AvgIpc) is 2.28. The Kier molecular flexibility index (Phi) is 4.02. The van der Waals surface area contributed by atoms with Crippen molar-refractivity contribution < 1.29 is 9.13 Å². The highest BCUT2D eigenvalue weighted by Crippen LogP contribution is 2.26. The first-order valence-electron chi connectivity index (χ1n) is 4.97. The molecule has 0 aromatic heterocycles. The van der Waals surface area contributed by atoms with Gasteiger partial charge in [-0.05, 0) is 51.8 Å². The number of ether oxygens (including phenoxy) is 1. The van der Waals surface area contributed by atoms with Crippen LogP contribution in [0.1, 0.15) is 5.56 Å². The summed E-state index contributed by atoms with van der Waals surface area (Å²) in [6.45, 7) is 0.394. The lowest BCUT2D eigenvalue weighted by Gasteiger charge is -2.08. The molecule has 0 N–H and O–H groups in total. The van der Waals surface area contributed by atoms with Crippen LogP contribution < -0.4 is 4.74 Å². The monoisotopic (exact) mass is 314 g/mol. The molecule has 2 aromatic rings. The van der Waals surface area contributed by atoms with E-state index in [2.05, 4.69) is 15.9 Å². The topological polar surface area (TPSA) is 9.23 Å². The first-order valence-corrected chi connectivity index (χ1v) is 6.14. The third-order valence-electron chi connectivity index (χ3n) is 2.18. The van der Waals surface area contributed by atoms with Crippen LogP contribution in [0.25, 0.3) is 0 Å². The Morgan fingerprint density at radius 3 is 2.71 bits per heavy atom. The van der Waals surface area contributed by atoms with Gasteiger partial charge in [0.05, 0.1) is 4.47 Å². The Labute approximate surface area is 112 Å². The smallest absolute Gasteiger partial charge is 0.134 e. The lowest BCUT2D eigenvalue weighted by molar-refractivity contribution is 0.303. The zero-order valence-electron chi connectivity index (χ0n) is 8.79. The van der Waals surface area contributed by atoms with Crippen LogP contribution in [0.5, 0.6) is 5.75 Å². The fraction of sp³-hybridized carbons (Fsp3) is 0.0769. The quantitative estimate of drug-likeness (QED) is 0.789. The van der Waals surface area contributed by atoms with Crippen molar-refractivity contribution in [3.63, 3.8) is 0 Å². The fourth-order valence-corrected chi connectivity index (χ4v) is 2.06. The molecule has 0 saturated carbocycles.